The van der Waals surface area contributed by atoms with Gasteiger partial charge in [0.1, 0.15) is 5.56 Å². The first-order valence-corrected chi connectivity index (χ1v) is 11.2. The fourth-order valence-corrected chi connectivity index (χ4v) is 3.87. The number of rotatable bonds is 6. The van der Waals surface area contributed by atoms with Crippen LogP contribution in [0.2, 0.25) is 10.0 Å². The molecule has 0 saturated heterocycles. The van der Waals surface area contributed by atoms with Crippen LogP contribution < -0.4 is 5.32 Å². The van der Waals surface area contributed by atoms with Gasteiger partial charge in [-0.25, -0.2) is 9.78 Å². The van der Waals surface area contributed by atoms with Gasteiger partial charge in [0.2, 0.25) is 5.91 Å². The van der Waals surface area contributed by atoms with E-state index in [1.54, 1.807) is 31.2 Å². The summed E-state index contributed by atoms with van der Waals surface area (Å²) in [4.78, 5) is 30.0. The van der Waals surface area contributed by atoms with Crippen molar-refractivity contribution in [1.29, 1.82) is 0 Å². The van der Waals surface area contributed by atoms with E-state index in [4.69, 9.17) is 27.9 Å². The monoisotopic (exact) mass is 494 g/mol. The third-order valence-corrected chi connectivity index (χ3v) is 5.57. The minimum Gasteiger partial charge on any atom is -0.462 e. The molecular formula is C25H20Cl2N4O3. The molecule has 172 valence electrons. The highest BCUT2D eigenvalue weighted by Crippen LogP contribution is 2.25. The summed E-state index contributed by atoms with van der Waals surface area (Å²) in [6, 6.07) is 14.5. The number of hydrogen-bond donors (Lipinski definition) is 1. The summed E-state index contributed by atoms with van der Waals surface area (Å²) in [7, 11) is 0. The van der Waals surface area contributed by atoms with E-state index in [1.807, 2.05) is 37.3 Å². The van der Waals surface area contributed by atoms with Gasteiger partial charge in [0, 0.05) is 21.5 Å². The molecule has 0 fully saturated rings. The van der Waals surface area contributed by atoms with Crippen LogP contribution in [0.5, 0.6) is 0 Å². The number of nitrogens with one attached hydrogen (secondary N) is 1. The molecule has 0 spiro atoms. The average molecular weight is 495 g/mol. The number of ether oxygens (including phenoxy) is 1. The molecule has 0 bridgehead atoms. The highest BCUT2D eigenvalue weighted by atomic mass is 35.5. The number of fused-ring (bicyclic) bond motifs is 1. The van der Waals surface area contributed by atoms with Crippen LogP contribution >= 0.6 is 23.2 Å². The number of anilines is 1. The molecule has 2 aromatic heterocycles. The Morgan fingerprint density at radius 2 is 1.94 bits per heavy atom. The maximum atomic E-state index is 12.8. The third-order valence-electron chi connectivity index (χ3n) is 5.01. The second kappa shape index (κ2) is 10.1. The zero-order chi connectivity index (χ0) is 24.2. The van der Waals surface area contributed by atoms with Gasteiger partial charge in [-0.05, 0) is 55.3 Å². The van der Waals surface area contributed by atoms with E-state index in [0.717, 1.165) is 16.5 Å². The van der Waals surface area contributed by atoms with Crippen LogP contribution in [-0.4, -0.2) is 33.2 Å². The number of pyridine rings is 1. The smallest absolute Gasteiger partial charge is 0.343 e. The Morgan fingerprint density at radius 3 is 2.71 bits per heavy atom. The fraction of sp³-hybridized carbons (Fsp3) is 0.120. The molecule has 0 atom stereocenters. The molecule has 0 aliphatic heterocycles. The summed E-state index contributed by atoms with van der Waals surface area (Å²) in [5, 5.41) is 8.94. The van der Waals surface area contributed by atoms with Crippen molar-refractivity contribution in [2.75, 3.05) is 11.9 Å². The number of hydrogen-bond acceptors (Lipinski definition) is 5. The van der Waals surface area contributed by atoms with E-state index < -0.39 is 11.9 Å². The second-order valence-corrected chi connectivity index (χ2v) is 8.19. The molecule has 2 heterocycles. The van der Waals surface area contributed by atoms with Gasteiger partial charge in [-0.3, -0.25) is 4.79 Å². The quantitative estimate of drug-likeness (QED) is 0.267. The topological polar surface area (TPSA) is 86.1 Å². The first kappa shape index (κ1) is 23.5. The molecule has 34 heavy (non-hydrogen) atoms. The van der Waals surface area contributed by atoms with Crippen molar-refractivity contribution < 1.29 is 14.3 Å². The summed E-state index contributed by atoms with van der Waals surface area (Å²) in [5.74, 6) is -0.494. The minimum atomic E-state index is -0.605. The Bertz CT molecular complexity index is 1430. The van der Waals surface area contributed by atoms with Crippen molar-refractivity contribution in [3.05, 3.63) is 87.5 Å². The van der Waals surface area contributed by atoms with Gasteiger partial charge in [0.25, 0.3) is 0 Å². The normalized spacial score (nSPS) is 11.2. The van der Waals surface area contributed by atoms with Gasteiger partial charge >= 0.3 is 5.97 Å². The van der Waals surface area contributed by atoms with Crippen LogP contribution in [0.1, 0.15) is 28.4 Å². The Morgan fingerprint density at radius 1 is 1.15 bits per heavy atom. The van der Waals surface area contributed by atoms with E-state index in [9.17, 15) is 9.59 Å². The zero-order valence-electron chi connectivity index (χ0n) is 18.4. The van der Waals surface area contributed by atoms with Gasteiger partial charge in [-0.15, -0.1) is 0 Å². The summed E-state index contributed by atoms with van der Waals surface area (Å²) in [6.07, 6.45) is 4.21. The van der Waals surface area contributed by atoms with Gasteiger partial charge < -0.3 is 10.1 Å². The summed E-state index contributed by atoms with van der Waals surface area (Å²) in [5.41, 5.74) is 2.47. The number of benzene rings is 2. The lowest BCUT2D eigenvalue weighted by Crippen LogP contribution is -2.16. The highest BCUT2D eigenvalue weighted by Gasteiger charge is 2.22. The van der Waals surface area contributed by atoms with Crippen LogP contribution in [0.25, 0.3) is 22.8 Å². The van der Waals surface area contributed by atoms with Gasteiger partial charge in [-0.2, -0.15) is 9.78 Å². The molecule has 2 aromatic carbocycles. The second-order valence-electron chi connectivity index (χ2n) is 7.34. The molecule has 1 amide bonds. The number of aromatic nitrogens is 3. The number of carbonyl (C=O) groups excluding carboxylic acids is 2. The van der Waals surface area contributed by atoms with Gasteiger partial charge in [-0.1, -0.05) is 47.5 Å². The molecule has 0 radical (unpaired) electrons. The molecule has 0 saturated carbocycles. The van der Waals surface area contributed by atoms with Crippen molar-refractivity contribution in [3.63, 3.8) is 0 Å². The Labute approximate surface area is 206 Å². The van der Waals surface area contributed by atoms with Crippen molar-refractivity contribution in [2.24, 2.45) is 0 Å². The molecule has 0 unspecified atom stereocenters. The number of halogens is 2. The number of amides is 1. The van der Waals surface area contributed by atoms with Crippen molar-refractivity contribution in [2.45, 2.75) is 13.8 Å². The van der Waals surface area contributed by atoms with Gasteiger partial charge in [0.05, 0.1) is 18.3 Å². The number of carbonyl (C=O) groups is 2. The number of aryl methyl sites for hydroxylation is 1. The molecular weight excluding hydrogens is 475 g/mol. The zero-order valence-corrected chi connectivity index (χ0v) is 19.9. The maximum Gasteiger partial charge on any atom is 0.343 e. The molecule has 7 nitrogen and oxygen atoms in total. The largest absolute Gasteiger partial charge is 0.462 e. The SMILES string of the molecule is CCOC(=O)c1cnn(-c2cc(C)c3ccccc3n2)c1NC(=O)/C=C/c1ccc(Cl)cc1Cl. The first-order valence-electron chi connectivity index (χ1n) is 10.4. The van der Waals surface area contributed by atoms with Crippen LogP contribution in [-0.2, 0) is 9.53 Å². The Hall–Kier alpha value is -3.68. The Balaban J connectivity index is 1.72. The molecule has 4 rings (SSSR count). The van der Waals surface area contributed by atoms with Crippen LogP contribution in [0.15, 0.2) is 60.8 Å². The first-order chi connectivity index (χ1) is 16.4. The van der Waals surface area contributed by atoms with E-state index in [1.165, 1.54) is 17.0 Å². The number of nitrogens with zero attached hydrogens (tertiary/aromatic N) is 3. The van der Waals surface area contributed by atoms with E-state index in [-0.39, 0.29) is 18.0 Å². The fourth-order valence-electron chi connectivity index (χ4n) is 3.40. The lowest BCUT2D eigenvalue weighted by molar-refractivity contribution is -0.111. The molecule has 4 aromatic rings. The van der Waals surface area contributed by atoms with E-state index in [0.29, 0.717) is 21.4 Å². The van der Waals surface area contributed by atoms with Crippen LogP contribution in [0.3, 0.4) is 0 Å². The summed E-state index contributed by atoms with van der Waals surface area (Å²) in [6.45, 7) is 3.84. The molecule has 0 aliphatic carbocycles. The predicted molar refractivity (Wildman–Crippen MR) is 134 cm³/mol. The lowest BCUT2D eigenvalue weighted by Gasteiger charge is -2.11. The predicted octanol–water partition coefficient (Wildman–Crippen LogP) is 5.86. The average Bonchev–Trinajstić information content (AvgIpc) is 3.22. The summed E-state index contributed by atoms with van der Waals surface area (Å²) >= 11 is 12.1. The molecule has 1 N–H and O–H groups in total. The van der Waals surface area contributed by atoms with Crippen molar-refractivity contribution in [1.82, 2.24) is 14.8 Å². The Kier molecular flexibility index (Phi) is 6.95. The third kappa shape index (κ3) is 4.95. The van der Waals surface area contributed by atoms with E-state index >= 15 is 0 Å². The number of para-hydroxylation sites is 1. The number of esters is 1. The van der Waals surface area contributed by atoms with Crippen LogP contribution in [0, 0.1) is 6.92 Å². The van der Waals surface area contributed by atoms with Crippen molar-refractivity contribution in [3.8, 4) is 5.82 Å². The highest BCUT2D eigenvalue weighted by molar-refractivity contribution is 6.35. The molecule has 9 heteroatoms. The minimum absolute atomic E-state index is 0.112. The van der Waals surface area contributed by atoms with Gasteiger partial charge in [0.15, 0.2) is 11.6 Å². The standard InChI is InChI=1S/C25H20Cl2N4O3/c1-3-34-25(33)19-14-28-31(22-12-15(2)18-6-4-5-7-21(18)29-22)24(19)30-23(32)11-9-16-8-10-17(26)13-20(16)27/h4-14H,3H2,1-2H3,(H,30,32)/b11-9+. The van der Waals surface area contributed by atoms with E-state index in [2.05, 4.69) is 15.4 Å². The maximum absolute atomic E-state index is 12.8. The lowest BCUT2D eigenvalue weighted by atomic mass is 10.1. The summed E-state index contributed by atoms with van der Waals surface area (Å²) < 4.78 is 6.55. The molecule has 0 aliphatic rings. The van der Waals surface area contributed by atoms with Crippen molar-refractivity contribution >= 4 is 57.9 Å². The van der Waals surface area contributed by atoms with Crippen LogP contribution in [0.4, 0.5) is 5.82 Å².